The lowest BCUT2D eigenvalue weighted by Gasteiger charge is -2.31. The molecule has 1 N–H and O–H groups in total. The molecule has 0 radical (unpaired) electrons. The van der Waals surface area contributed by atoms with Gasteiger partial charge in [-0.3, -0.25) is 24.6 Å². The van der Waals surface area contributed by atoms with Gasteiger partial charge in [-0.15, -0.1) is 0 Å². The maximum atomic E-state index is 13.4. The minimum absolute atomic E-state index is 0.150. The minimum Gasteiger partial charge on any atom is -0.469 e. The number of carbonyl (C=O) groups excluding carboxylic acids is 2. The SMILES string of the molecule is O=C1C2C=CC=CC2C(=O)N1C(Cc1ccccc1)C1CN=C(c2cc3cc(Cl)cc([N+](=O)[O-])c3[nH]2)O1. The smallest absolute Gasteiger partial charge is 0.294 e. The highest BCUT2D eigenvalue weighted by molar-refractivity contribution is 6.31. The number of halogens is 1. The second kappa shape index (κ2) is 9.01. The van der Waals surface area contributed by atoms with Crippen LogP contribution in [0.1, 0.15) is 11.3 Å². The Morgan fingerprint density at radius 2 is 1.81 bits per heavy atom. The molecule has 4 unspecified atom stereocenters. The van der Waals surface area contributed by atoms with E-state index in [9.17, 15) is 19.7 Å². The predicted molar refractivity (Wildman–Crippen MR) is 137 cm³/mol. The van der Waals surface area contributed by atoms with Crippen molar-refractivity contribution in [2.24, 2.45) is 16.8 Å². The lowest BCUT2D eigenvalue weighted by atomic mass is 9.91. The summed E-state index contributed by atoms with van der Waals surface area (Å²) in [5.41, 5.74) is 1.58. The molecular weight excluding hydrogens is 496 g/mol. The van der Waals surface area contributed by atoms with Crippen molar-refractivity contribution in [3.05, 3.63) is 99.2 Å². The Morgan fingerprint density at radius 1 is 1.11 bits per heavy atom. The van der Waals surface area contributed by atoms with E-state index in [4.69, 9.17) is 16.3 Å². The number of hydrogen-bond donors (Lipinski definition) is 1. The molecular formula is C27H21ClN4O5. The van der Waals surface area contributed by atoms with E-state index in [1.54, 1.807) is 36.4 Å². The first-order valence-electron chi connectivity index (χ1n) is 11.8. The molecule has 1 aliphatic carbocycles. The molecule has 0 spiro atoms. The highest BCUT2D eigenvalue weighted by atomic mass is 35.5. The number of ether oxygens (including phenoxy) is 1. The highest BCUT2D eigenvalue weighted by Crippen LogP contribution is 2.36. The zero-order chi connectivity index (χ0) is 25.7. The summed E-state index contributed by atoms with van der Waals surface area (Å²) in [4.78, 5) is 46.7. The molecule has 1 fully saturated rings. The number of hydrogen-bond acceptors (Lipinski definition) is 6. The lowest BCUT2D eigenvalue weighted by molar-refractivity contribution is -0.383. The molecule has 2 aromatic carbocycles. The number of likely N-dealkylation sites (tertiary alicyclic amines) is 1. The van der Waals surface area contributed by atoms with Crippen molar-refractivity contribution in [2.45, 2.75) is 18.6 Å². The molecule has 1 saturated heterocycles. The van der Waals surface area contributed by atoms with Gasteiger partial charge in [-0.1, -0.05) is 66.2 Å². The largest absolute Gasteiger partial charge is 0.469 e. The topological polar surface area (TPSA) is 118 Å². The van der Waals surface area contributed by atoms with Gasteiger partial charge in [0, 0.05) is 16.5 Å². The van der Waals surface area contributed by atoms with Crippen LogP contribution in [0.15, 0.2) is 77.8 Å². The van der Waals surface area contributed by atoms with E-state index in [1.807, 2.05) is 30.3 Å². The molecule has 2 amide bonds. The van der Waals surface area contributed by atoms with Gasteiger partial charge in [-0.05, 0) is 24.1 Å². The summed E-state index contributed by atoms with van der Waals surface area (Å²) in [6.45, 7) is 0.225. The maximum absolute atomic E-state index is 13.4. The molecule has 0 saturated carbocycles. The Hall–Kier alpha value is -4.24. The molecule has 2 aliphatic heterocycles. The second-order valence-corrected chi connectivity index (χ2v) is 9.69. The van der Waals surface area contributed by atoms with Gasteiger partial charge in [0.15, 0.2) is 0 Å². The number of H-pyrrole nitrogens is 1. The van der Waals surface area contributed by atoms with Gasteiger partial charge < -0.3 is 9.72 Å². The van der Waals surface area contributed by atoms with E-state index in [2.05, 4.69) is 9.98 Å². The third-order valence-corrected chi connectivity index (χ3v) is 7.22. The number of aliphatic imine (C=N–C) groups is 1. The van der Waals surface area contributed by atoms with Crippen molar-refractivity contribution in [2.75, 3.05) is 6.54 Å². The highest BCUT2D eigenvalue weighted by Gasteiger charge is 2.51. The number of fused-ring (bicyclic) bond motifs is 2. The van der Waals surface area contributed by atoms with Crippen molar-refractivity contribution in [3.8, 4) is 0 Å². The standard InChI is InChI=1S/C27H21ClN4O5/c28-17-11-16-12-20(30-24(16)22(13-17)32(35)36)25-29-14-23(37-25)21(10-15-6-2-1-3-7-15)31-26(33)18-8-4-5-9-19(18)27(31)34/h1-9,11-13,18-19,21,23,30H,10,14H2. The van der Waals surface area contributed by atoms with E-state index < -0.39 is 28.9 Å². The molecule has 37 heavy (non-hydrogen) atoms. The van der Waals surface area contributed by atoms with Crippen LogP contribution in [0.4, 0.5) is 5.69 Å². The quantitative estimate of drug-likeness (QED) is 0.299. The monoisotopic (exact) mass is 516 g/mol. The predicted octanol–water partition coefficient (Wildman–Crippen LogP) is 4.21. The number of nitro groups is 1. The second-order valence-electron chi connectivity index (χ2n) is 9.26. The molecule has 10 heteroatoms. The lowest BCUT2D eigenvalue weighted by Crippen LogP contribution is -2.50. The first-order chi connectivity index (χ1) is 17.9. The fourth-order valence-corrected chi connectivity index (χ4v) is 5.49. The zero-order valence-electron chi connectivity index (χ0n) is 19.4. The minimum atomic E-state index is -0.582. The van der Waals surface area contributed by atoms with Crippen LogP contribution in [0.5, 0.6) is 0 Å². The van der Waals surface area contributed by atoms with E-state index >= 15 is 0 Å². The summed E-state index contributed by atoms with van der Waals surface area (Å²) in [5, 5.41) is 12.3. The van der Waals surface area contributed by atoms with Crippen molar-refractivity contribution in [1.82, 2.24) is 9.88 Å². The van der Waals surface area contributed by atoms with Crippen LogP contribution in [0, 0.1) is 22.0 Å². The van der Waals surface area contributed by atoms with E-state index in [1.165, 1.54) is 11.0 Å². The summed E-state index contributed by atoms with van der Waals surface area (Å²) in [7, 11) is 0. The number of nitro benzene ring substituents is 1. The summed E-state index contributed by atoms with van der Waals surface area (Å²) in [6, 6.07) is 13.6. The third kappa shape index (κ3) is 4.01. The fourth-order valence-electron chi connectivity index (χ4n) is 5.27. The summed E-state index contributed by atoms with van der Waals surface area (Å²) >= 11 is 6.07. The fraction of sp³-hybridized carbons (Fsp3) is 0.222. The van der Waals surface area contributed by atoms with Crippen LogP contribution in [0.2, 0.25) is 5.02 Å². The van der Waals surface area contributed by atoms with Crippen LogP contribution in [0.3, 0.4) is 0 Å². The number of nitrogens with one attached hydrogen (secondary N) is 1. The number of carbonyl (C=O) groups is 2. The number of allylic oxidation sites excluding steroid dienone is 2. The average molecular weight is 517 g/mol. The Balaban J connectivity index is 1.32. The number of aromatic nitrogens is 1. The van der Waals surface area contributed by atoms with E-state index in [-0.39, 0.29) is 35.0 Å². The molecule has 186 valence electrons. The summed E-state index contributed by atoms with van der Waals surface area (Å²) in [5.74, 6) is -1.26. The van der Waals surface area contributed by atoms with Gasteiger partial charge in [0.2, 0.25) is 17.7 Å². The van der Waals surface area contributed by atoms with Crippen LogP contribution in [0.25, 0.3) is 10.9 Å². The number of non-ortho nitro benzene ring substituents is 1. The molecule has 0 bridgehead atoms. The van der Waals surface area contributed by atoms with Crippen molar-refractivity contribution in [3.63, 3.8) is 0 Å². The van der Waals surface area contributed by atoms with Gasteiger partial charge in [0.05, 0.1) is 29.3 Å². The Morgan fingerprint density at radius 3 is 2.49 bits per heavy atom. The molecule has 3 heterocycles. The van der Waals surface area contributed by atoms with Gasteiger partial charge >= 0.3 is 0 Å². The molecule has 6 rings (SSSR count). The van der Waals surface area contributed by atoms with Crippen LogP contribution >= 0.6 is 11.6 Å². The van der Waals surface area contributed by atoms with Gasteiger partial charge in [-0.2, -0.15) is 0 Å². The van der Waals surface area contributed by atoms with Gasteiger partial charge in [0.25, 0.3) is 5.69 Å². The van der Waals surface area contributed by atoms with E-state index in [0.717, 1.165) is 5.56 Å². The van der Waals surface area contributed by atoms with Crippen LogP contribution in [-0.2, 0) is 20.7 Å². The Bertz CT molecular complexity index is 1500. The number of aromatic amines is 1. The third-order valence-electron chi connectivity index (χ3n) is 7.01. The molecule has 4 atom stereocenters. The number of amides is 2. The summed E-state index contributed by atoms with van der Waals surface area (Å²) in [6.07, 6.45) is 6.94. The first kappa shape index (κ1) is 23.2. The normalized spacial score (nSPS) is 23.3. The number of nitrogens with zero attached hydrogens (tertiary/aromatic N) is 3. The Kier molecular flexibility index (Phi) is 5.64. The number of benzene rings is 2. The Labute approximate surface area is 216 Å². The van der Waals surface area contributed by atoms with Gasteiger partial charge in [0.1, 0.15) is 17.3 Å². The van der Waals surface area contributed by atoms with E-state index in [0.29, 0.717) is 23.0 Å². The maximum Gasteiger partial charge on any atom is 0.294 e. The number of imide groups is 1. The molecule has 3 aromatic rings. The van der Waals surface area contributed by atoms with Crippen molar-refractivity contribution in [1.29, 1.82) is 0 Å². The van der Waals surface area contributed by atoms with Crippen LogP contribution < -0.4 is 0 Å². The molecule has 9 nitrogen and oxygen atoms in total. The zero-order valence-corrected chi connectivity index (χ0v) is 20.2. The average Bonchev–Trinajstić information content (AvgIpc) is 3.60. The number of rotatable bonds is 6. The van der Waals surface area contributed by atoms with Crippen LogP contribution in [-0.4, -0.2) is 51.2 Å². The summed E-state index contributed by atoms with van der Waals surface area (Å²) < 4.78 is 6.24. The van der Waals surface area contributed by atoms with Gasteiger partial charge in [-0.25, -0.2) is 4.99 Å². The molecule has 3 aliphatic rings. The molecule has 1 aromatic heterocycles. The van der Waals surface area contributed by atoms with Crippen molar-refractivity contribution >= 4 is 45.9 Å². The van der Waals surface area contributed by atoms with Crippen molar-refractivity contribution < 1.29 is 19.2 Å². The first-order valence-corrected chi connectivity index (χ1v) is 12.2.